The Labute approximate surface area is 140 Å². The van der Waals surface area contributed by atoms with Gasteiger partial charge in [-0.2, -0.15) is 13.2 Å². The van der Waals surface area contributed by atoms with Crippen LogP contribution in [-0.2, 0) is 6.18 Å². The molecule has 2 aromatic carbocycles. The van der Waals surface area contributed by atoms with Crippen molar-refractivity contribution in [1.29, 1.82) is 0 Å². The van der Waals surface area contributed by atoms with E-state index in [9.17, 15) is 13.2 Å². The highest BCUT2D eigenvalue weighted by molar-refractivity contribution is 6.30. The summed E-state index contributed by atoms with van der Waals surface area (Å²) in [4.78, 5) is 8.03. The van der Waals surface area contributed by atoms with E-state index in [1.165, 1.54) is 24.5 Å². The summed E-state index contributed by atoms with van der Waals surface area (Å²) in [6.07, 6.45) is -1.38. The normalized spacial score (nSPS) is 11.3. The average molecular weight is 351 g/mol. The van der Waals surface area contributed by atoms with E-state index in [1.54, 1.807) is 12.1 Å². The van der Waals surface area contributed by atoms with E-state index in [2.05, 4.69) is 9.97 Å². The Bertz CT molecular complexity index is 834. The van der Waals surface area contributed by atoms with Crippen LogP contribution in [0.2, 0.25) is 5.02 Å². The van der Waals surface area contributed by atoms with Gasteiger partial charge >= 0.3 is 12.2 Å². The van der Waals surface area contributed by atoms with E-state index in [4.69, 9.17) is 16.3 Å². The molecular weight excluding hydrogens is 341 g/mol. The number of aromatic nitrogens is 2. The van der Waals surface area contributed by atoms with Gasteiger partial charge in [0.25, 0.3) is 0 Å². The number of rotatable bonds is 3. The van der Waals surface area contributed by atoms with Crippen LogP contribution in [0.3, 0.4) is 0 Å². The average Bonchev–Trinajstić information content (AvgIpc) is 2.56. The van der Waals surface area contributed by atoms with E-state index in [1.807, 2.05) is 12.1 Å². The van der Waals surface area contributed by atoms with Crippen LogP contribution >= 0.6 is 11.6 Å². The van der Waals surface area contributed by atoms with E-state index < -0.39 is 11.7 Å². The fraction of sp³-hybridized carbons (Fsp3) is 0.0588. The van der Waals surface area contributed by atoms with Crippen LogP contribution in [0.1, 0.15) is 5.56 Å². The molecule has 0 radical (unpaired) electrons. The highest BCUT2D eigenvalue weighted by Crippen LogP contribution is 2.32. The van der Waals surface area contributed by atoms with Crippen molar-refractivity contribution in [3.8, 4) is 22.9 Å². The van der Waals surface area contributed by atoms with Gasteiger partial charge in [0.2, 0.25) is 0 Å². The van der Waals surface area contributed by atoms with Crippen LogP contribution < -0.4 is 4.74 Å². The summed E-state index contributed by atoms with van der Waals surface area (Å²) < 4.78 is 43.3. The lowest BCUT2D eigenvalue weighted by Gasteiger charge is -2.09. The third-order valence-corrected chi connectivity index (χ3v) is 3.43. The molecule has 122 valence electrons. The van der Waals surface area contributed by atoms with Crippen LogP contribution in [0, 0.1) is 0 Å². The molecule has 0 aliphatic rings. The maximum absolute atomic E-state index is 12.7. The lowest BCUT2D eigenvalue weighted by atomic mass is 10.1. The van der Waals surface area contributed by atoms with Gasteiger partial charge in [-0.05, 0) is 35.9 Å². The predicted octanol–water partition coefficient (Wildman–Crippen LogP) is 5.61. The van der Waals surface area contributed by atoms with E-state index >= 15 is 0 Å². The molecule has 0 saturated carbocycles. The van der Waals surface area contributed by atoms with Gasteiger partial charge in [-0.3, -0.25) is 0 Å². The molecular formula is C17H10ClF3N2O. The molecule has 0 saturated heterocycles. The Hall–Kier alpha value is -2.60. The molecule has 7 heteroatoms. The molecule has 0 fully saturated rings. The summed E-state index contributed by atoms with van der Waals surface area (Å²) >= 11 is 5.83. The topological polar surface area (TPSA) is 35.0 Å². The monoisotopic (exact) mass is 350 g/mol. The van der Waals surface area contributed by atoms with E-state index in [0.717, 1.165) is 23.3 Å². The van der Waals surface area contributed by atoms with Gasteiger partial charge in [0, 0.05) is 23.0 Å². The van der Waals surface area contributed by atoms with Gasteiger partial charge in [-0.1, -0.05) is 29.8 Å². The molecule has 0 bridgehead atoms. The Morgan fingerprint density at radius 3 is 2.17 bits per heavy atom. The molecule has 1 aromatic heterocycles. The predicted molar refractivity (Wildman–Crippen MR) is 84.0 cm³/mol. The quantitative estimate of drug-likeness (QED) is 0.616. The molecule has 3 aromatic rings. The Kier molecular flexibility index (Phi) is 4.40. The van der Waals surface area contributed by atoms with E-state index in [0.29, 0.717) is 5.02 Å². The minimum Gasteiger partial charge on any atom is -0.424 e. The van der Waals surface area contributed by atoms with Crippen molar-refractivity contribution in [3.05, 3.63) is 71.5 Å². The first-order valence-electron chi connectivity index (χ1n) is 6.85. The first-order valence-corrected chi connectivity index (χ1v) is 7.23. The van der Waals surface area contributed by atoms with Crippen molar-refractivity contribution in [2.24, 2.45) is 0 Å². The number of ether oxygens (including phenoxy) is 1. The lowest BCUT2D eigenvalue weighted by Crippen LogP contribution is -2.04. The lowest BCUT2D eigenvalue weighted by molar-refractivity contribution is -0.137. The molecule has 0 unspecified atom stereocenters. The van der Waals surface area contributed by atoms with Gasteiger partial charge in [0.1, 0.15) is 5.75 Å². The molecule has 3 rings (SSSR count). The number of hydrogen-bond donors (Lipinski definition) is 0. The Morgan fingerprint density at radius 2 is 1.54 bits per heavy atom. The van der Waals surface area contributed by atoms with Gasteiger partial charge in [0.15, 0.2) is 0 Å². The van der Waals surface area contributed by atoms with Crippen LogP contribution in [0.5, 0.6) is 11.8 Å². The summed E-state index contributed by atoms with van der Waals surface area (Å²) in [5, 5.41) is 0.615. The van der Waals surface area contributed by atoms with Gasteiger partial charge < -0.3 is 4.74 Å². The second kappa shape index (κ2) is 6.49. The first kappa shape index (κ1) is 16.3. The van der Waals surface area contributed by atoms with Crippen molar-refractivity contribution in [1.82, 2.24) is 9.97 Å². The Balaban J connectivity index is 1.78. The number of benzene rings is 2. The van der Waals surface area contributed by atoms with Gasteiger partial charge in [0.05, 0.1) is 5.56 Å². The van der Waals surface area contributed by atoms with Crippen LogP contribution in [0.25, 0.3) is 11.1 Å². The maximum atomic E-state index is 12.7. The van der Waals surface area contributed by atoms with Crippen molar-refractivity contribution >= 4 is 11.6 Å². The molecule has 0 aliphatic carbocycles. The molecule has 0 spiro atoms. The van der Waals surface area contributed by atoms with Crippen LogP contribution in [0.15, 0.2) is 60.9 Å². The molecule has 0 amide bonds. The molecule has 24 heavy (non-hydrogen) atoms. The molecule has 1 heterocycles. The minimum absolute atomic E-state index is 0.0177. The molecule has 3 nitrogen and oxygen atoms in total. The van der Waals surface area contributed by atoms with Crippen molar-refractivity contribution < 1.29 is 17.9 Å². The second-order valence-corrected chi connectivity index (χ2v) is 5.33. The Morgan fingerprint density at radius 1 is 0.875 bits per heavy atom. The van der Waals surface area contributed by atoms with Crippen LogP contribution in [0.4, 0.5) is 13.2 Å². The molecule has 0 aliphatic heterocycles. The minimum atomic E-state index is -4.43. The smallest absolute Gasteiger partial charge is 0.416 e. The fourth-order valence-corrected chi connectivity index (χ4v) is 2.13. The number of hydrogen-bond acceptors (Lipinski definition) is 3. The van der Waals surface area contributed by atoms with Gasteiger partial charge in [-0.15, -0.1) is 0 Å². The van der Waals surface area contributed by atoms with Gasteiger partial charge in [-0.25, -0.2) is 9.97 Å². The largest absolute Gasteiger partial charge is 0.424 e. The summed E-state index contributed by atoms with van der Waals surface area (Å²) in [5.41, 5.74) is 0.811. The zero-order chi connectivity index (χ0) is 17.2. The van der Waals surface area contributed by atoms with Crippen molar-refractivity contribution in [2.45, 2.75) is 6.18 Å². The van der Waals surface area contributed by atoms with E-state index in [-0.39, 0.29) is 11.8 Å². The zero-order valence-electron chi connectivity index (χ0n) is 12.1. The third kappa shape index (κ3) is 3.83. The molecule has 0 atom stereocenters. The standard InChI is InChI=1S/C17H10ClF3N2O/c18-14-6-4-11(5-7-14)12-9-22-16(23-10-12)24-15-3-1-2-13(8-15)17(19,20)21/h1-10H. The maximum Gasteiger partial charge on any atom is 0.416 e. The van der Waals surface area contributed by atoms with Crippen molar-refractivity contribution in [2.75, 3.05) is 0 Å². The number of alkyl halides is 3. The summed E-state index contributed by atoms with van der Waals surface area (Å²) in [7, 11) is 0. The second-order valence-electron chi connectivity index (χ2n) is 4.89. The summed E-state index contributed by atoms with van der Waals surface area (Å²) in [6, 6.07) is 11.6. The number of halogens is 4. The first-order chi connectivity index (χ1) is 11.4. The summed E-state index contributed by atoms with van der Waals surface area (Å²) in [6.45, 7) is 0. The highest BCUT2D eigenvalue weighted by atomic mass is 35.5. The SMILES string of the molecule is FC(F)(F)c1cccc(Oc2ncc(-c3ccc(Cl)cc3)cn2)c1. The zero-order valence-corrected chi connectivity index (χ0v) is 12.8. The highest BCUT2D eigenvalue weighted by Gasteiger charge is 2.30. The number of nitrogens with zero attached hydrogens (tertiary/aromatic N) is 2. The summed E-state index contributed by atoms with van der Waals surface area (Å²) in [5.74, 6) is 0.0177. The fourth-order valence-electron chi connectivity index (χ4n) is 2.00. The third-order valence-electron chi connectivity index (χ3n) is 3.18. The van der Waals surface area contributed by atoms with Crippen molar-refractivity contribution in [3.63, 3.8) is 0 Å². The van der Waals surface area contributed by atoms with Crippen LogP contribution in [-0.4, -0.2) is 9.97 Å². The molecule has 0 N–H and O–H groups in total.